The minimum absolute atomic E-state index is 0.233. The molecule has 0 atom stereocenters. The summed E-state index contributed by atoms with van der Waals surface area (Å²) >= 11 is 5.67. The van der Waals surface area contributed by atoms with Crippen LogP contribution in [0.2, 0.25) is 5.28 Å². The number of carbonyl (C=O) groups excluding carboxylic acids is 1. The number of anilines is 2. The second-order valence-corrected chi connectivity index (χ2v) is 7.54. The van der Waals surface area contributed by atoms with Gasteiger partial charge in [-0.05, 0) is 41.9 Å². The number of methoxy groups -OCH3 is 2. The summed E-state index contributed by atoms with van der Waals surface area (Å²) < 4.78 is 10.4. The lowest BCUT2D eigenvalue weighted by Crippen LogP contribution is -2.11. The topological polar surface area (TPSA) is 125 Å². The smallest absolute Gasteiger partial charge is 0.248 e. The molecule has 0 bridgehead atoms. The molecule has 0 unspecified atom stereocenters. The molecule has 176 valence electrons. The van der Waals surface area contributed by atoms with Crippen LogP contribution in [0, 0.1) is 0 Å². The van der Waals surface area contributed by atoms with E-state index in [2.05, 4.69) is 25.3 Å². The first-order chi connectivity index (χ1) is 17.0. The van der Waals surface area contributed by atoms with Crippen LogP contribution in [-0.2, 0) is 0 Å². The molecule has 1 amide bonds. The Morgan fingerprint density at radius 1 is 0.857 bits per heavy atom. The number of primary amides is 1. The van der Waals surface area contributed by atoms with E-state index in [1.807, 2.05) is 42.5 Å². The summed E-state index contributed by atoms with van der Waals surface area (Å²) in [6.45, 7) is 0. The Morgan fingerprint density at radius 2 is 1.46 bits per heavy atom. The molecule has 2 heterocycles. The number of nitrogens with two attached hydrogens (primary N) is 1. The van der Waals surface area contributed by atoms with Gasteiger partial charge in [0.2, 0.25) is 17.1 Å². The number of benzene rings is 3. The minimum Gasteiger partial charge on any atom is -0.494 e. The van der Waals surface area contributed by atoms with Crippen LogP contribution in [-0.4, -0.2) is 40.1 Å². The van der Waals surface area contributed by atoms with E-state index in [0.717, 1.165) is 16.3 Å². The van der Waals surface area contributed by atoms with Crippen molar-refractivity contribution in [1.29, 1.82) is 0 Å². The van der Waals surface area contributed by atoms with E-state index in [1.54, 1.807) is 44.8 Å². The normalized spacial score (nSPS) is 10.4. The van der Waals surface area contributed by atoms with Gasteiger partial charge < -0.3 is 20.5 Å². The third-order valence-corrected chi connectivity index (χ3v) is 5.14. The molecule has 35 heavy (non-hydrogen) atoms. The maximum Gasteiger partial charge on any atom is 0.248 e. The first-order valence-corrected chi connectivity index (χ1v) is 10.8. The largest absolute Gasteiger partial charge is 0.494 e. The highest BCUT2D eigenvalue weighted by Crippen LogP contribution is 2.25. The third-order valence-electron chi connectivity index (χ3n) is 4.96. The highest BCUT2D eigenvalue weighted by atomic mass is 35.5. The second kappa shape index (κ2) is 10.6. The van der Waals surface area contributed by atoms with Gasteiger partial charge in [-0.15, -0.1) is 0 Å². The summed E-state index contributed by atoms with van der Waals surface area (Å²) in [5.74, 6) is 1.32. The maximum atomic E-state index is 11.2. The van der Waals surface area contributed by atoms with Crippen LogP contribution in [0.25, 0.3) is 21.8 Å². The number of fused-ring (bicyclic) bond motifs is 2. The van der Waals surface area contributed by atoms with E-state index >= 15 is 0 Å². The second-order valence-electron chi connectivity index (χ2n) is 7.20. The predicted octanol–water partition coefficient (Wildman–Crippen LogP) is 4.77. The Balaban J connectivity index is 0.000000189. The van der Waals surface area contributed by atoms with Crippen molar-refractivity contribution in [2.45, 2.75) is 0 Å². The van der Waals surface area contributed by atoms with Crippen molar-refractivity contribution < 1.29 is 14.3 Å². The van der Waals surface area contributed by atoms with E-state index in [9.17, 15) is 4.79 Å². The average molecular weight is 489 g/mol. The van der Waals surface area contributed by atoms with Gasteiger partial charge in [0.15, 0.2) is 0 Å². The number of amides is 1. The lowest BCUT2D eigenvalue weighted by Gasteiger charge is -2.08. The molecule has 0 aliphatic heterocycles. The summed E-state index contributed by atoms with van der Waals surface area (Å²) in [7, 11) is 3.20. The molecule has 0 aliphatic rings. The number of halogens is 1. The molecule has 5 rings (SSSR count). The zero-order valence-corrected chi connectivity index (χ0v) is 19.7. The molecular weight excluding hydrogens is 468 g/mol. The van der Waals surface area contributed by atoms with Crippen molar-refractivity contribution in [2.75, 3.05) is 19.5 Å². The number of aromatic nitrogens is 4. The van der Waals surface area contributed by atoms with Crippen molar-refractivity contribution in [2.24, 2.45) is 5.73 Å². The van der Waals surface area contributed by atoms with Gasteiger partial charge in [-0.1, -0.05) is 30.3 Å². The number of hydrogen-bond donors (Lipinski definition) is 2. The summed E-state index contributed by atoms with van der Waals surface area (Å²) in [6.07, 6.45) is 3.39. The Hall–Kier alpha value is -4.50. The molecule has 0 saturated heterocycles. The molecule has 5 aromatic rings. The number of nitrogens with zero attached hydrogens (tertiary/aromatic N) is 4. The first-order valence-electron chi connectivity index (χ1n) is 10.4. The number of carbonyl (C=O) groups is 1. The van der Waals surface area contributed by atoms with Crippen LogP contribution in [0.1, 0.15) is 10.4 Å². The maximum absolute atomic E-state index is 11.2. The first kappa shape index (κ1) is 23.7. The summed E-state index contributed by atoms with van der Waals surface area (Å²) in [5.41, 5.74) is 7.84. The van der Waals surface area contributed by atoms with Crippen molar-refractivity contribution in [3.63, 3.8) is 0 Å². The fraction of sp³-hybridized carbons (Fsp3) is 0.0800. The van der Waals surface area contributed by atoms with Gasteiger partial charge in [0.1, 0.15) is 22.5 Å². The molecule has 0 fully saturated rings. The zero-order valence-electron chi connectivity index (χ0n) is 18.9. The van der Waals surface area contributed by atoms with Gasteiger partial charge in [0.05, 0.1) is 14.2 Å². The van der Waals surface area contributed by atoms with E-state index in [-0.39, 0.29) is 5.28 Å². The molecular formula is C25H21ClN6O3. The number of nitrogens with one attached hydrogen (secondary N) is 1. The number of para-hydroxylation sites is 2. The van der Waals surface area contributed by atoms with Gasteiger partial charge in [-0.25, -0.2) is 19.9 Å². The molecule has 3 aromatic carbocycles. The molecule has 0 spiro atoms. The summed E-state index contributed by atoms with van der Waals surface area (Å²) in [4.78, 5) is 27.9. The highest BCUT2D eigenvalue weighted by molar-refractivity contribution is 6.28. The number of hydrogen-bond acceptors (Lipinski definition) is 8. The van der Waals surface area contributed by atoms with Gasteiger partial charge in [0.25, 0.3) is 0 Å². The van der Waals surface area contributed by atoms with Crippen LogP contribution in [0.15, 0.2) is 73.1 Å². The Bertz CT molecular complexity index is 1510. The minimum atomic E-state index is -0.482. The van der Waals surface area contributed by atoms with Crippen molar-refractivity contribution >= 4 is 50.9 Å². The predicted molar refractivity (Wildman–Crippen MR) is 135 cm³/mol. The van der Waals surface area contributed by atoms with Crippen LogP contribution in [0.5, 0.6) is 11.5 Å². The number of ether oxygens (including phenoxy) is 2. The van der Waals surface area contributed by atoms with Crippen LogP contribution >= 0.6 is 11.6 Å². The quantitative estimate of drug-likeness (QED) is 0.339. The Kier molecular flexibility index (Phi) is 7.18. The van der Waals surface area contributed by atoms with Gasteiger partial charge in [0, 0.05) is 34.4 Å². The standard InChI is InChI=1S/C16H14N4O2.C9H7ClN2O/c1-22-13-7-3-5-11-9-18-16(20-14(11)13)19-12-6-2-4-10(8-12)15(17)21;1-13-7-4-2-3-6-5-11-9(10)12-8(6)7/h2-9H,1H3,(H2,17,21)(H,18,19,20);2-5H,1H3. The van der Waals surface area contributed by atoms with Gasteiger partial charge >= 0.3 is 0 Å². The van der Waals surface area contributed by atoms with Gasteiger partial charge in [-0.3, -0.25) is 4.79 Å². The molecule has 10 heteroatoms. The van der Waals surface area contributed by atoms with E-state index in [1.165, 1.54) is 0 Å². The summed E-state index contributed by atoms with van der Waals surface area (Å²) in [6, 6.07) is 18.1. The molecule has 0 aliphatic carbocycles. The molecule has 0 saturated carbocycles. The van der Waals surface area contributed by atoms with Crippen LogP contribution in [0.4, 0.5) is 11.6 Å². The zero-order chi connectivity index (χ0) is 24.8. The van der Waals surface area contributed by atoms with Crippen LogP contribution < -0.4 is 20.5 Å². The lowest BCUT2D eigenvalue weighted by molar-refractivity contribution is 0.100. The molecule has 3 N–H and O–H groups in total. The lowest BCUT2D eigenvalue weighted by atomic mass is 10.2. The summed E-state index contributed by atoms with van der Waals surface area (Å²) in [5, 5.41) is 5.10. The third kappa shape index (κ3) is 5.53. The fourth-order valence-corrected chi connectivity index (χ4v) is 3.44. The van der Waals surface area contributed by atoms with E-state index < -0.39 is 5.91 Å². The van der Waals surface area contributed by atoms with Crippen molar-refractivity contribution in [3.05, 3.63) is 83.9 Å². The number of rotatable bonds is 5. The molecule has 0 radical (unpaired) electrons. The van der Waals surface area contributed by atoms with Crippen molar-refractivity contribution in [1.82, 2.24) is 19.9 Å². The average Bonchev–Trinajstić information content (AvgIpc) is 2.88. The fourth-order valence-electron chi connectivity index (χ4n) is 3.30. The van der Waals surface area contributed by atoms with E-state index in [4.69, 9.17) is 26.8 Å². The monoisotopic (exact) mass is 488 g/mol. The van der Waals surface area contributed by atoms with E-state index in [0.29, 0.717) is 34.2 Å². The Morgan fingerprint density at radius 3 is 2.09 bits per heavy atom. The Labute approximate surface area is 205 Å². The van der Waals surface area contributed by atoms with Crippen molar-refractivity contribution in [3.8, 4) is 11.5 Å². The highest BCUT2D eigenvalue weighted by Gasteiger charge is 2.07. The molecule has 9 nitrogen and oxygen atoms in total. The molecule has 2 aromatic heterocycles. The SMILES string of the molecule is COc1cccc2cnc(Cl)nc12.COc1cccc2cnc(Nc3cccc(C(N)=O)c3)nc12. The van der Waals surface area contributed by atoms with Crippen LogP contribution in [0.3, 0.4) is 0 Å². The van der Waals surface area contributed by atoms with Gasteiger partial charge in [-0.2, -0.15) is 0 Å².